The summed E-state index contributed by atoms with van der Waals surface area (Å²) in [6.07, 6.45) is 10.6. The summed E-state index contributed by atoms with van der Waals surface area (Å²) >= 11 is 0. The highest BCUT2D eigenvalue weighted by Crippen LogP contribution is 2.12. The summed E-state index contributed by atoms with van der Waals surface area (Å²) in [5, 5.41) is 18.3. The summed E-state index contributed by atoms with van der Waals surface area (Å²) in [6, 6.07) is 0. The van der Waals surface area contributed by atoms with Crippen molar-refractivity contribution < 1.29 is 10.2 Å². The first-order valence-corrected chi connectivity index (χ1v) is 7.21. The Kier molecular flexibility index (Phi) is 10.5. The minimum absolute atomic E-state index is 0.0360. The van der Waals surface area contributed by atoms with E-state index in [-0.39, 0.29) is 6.61 Å². The van der Waals surface area contributed by atoms with Crippen molar-refractivity contribution in [3.8, 4) is 0 Å². The van der Waals surface area contributed by atoms with Crippen LogP contribution in [-0.2, 0) is 0 Å². The van der Waals surface area contributed by atoms with E-state index in [1.807, 2.05) is 13.0 Å². The molecule has 0 saturated heterocycles. The van der Waals surface area contributed by atoms with Crippen LogP contribution in [0.15, 0.2) is 34.9 Å². The number of hydrogen-bond acceptors (Lipinski definition) is 2. The van der Waals surface area contributed by atoms with Crippen LogP contribution in [0.2, 0.25) is 0 Å². The van der Waals surface area contributed by atoms with E-state index in [9.17, 15) is 5.11 Å². The van der Waals surface area contributed by atoms with E-state index < -0.39 is 6.10 Å². The van der Waals surface area contributed by atoms with Crippen LogP contribution in [0.1, 0.15) is 59.8 Å². The van der Waals surface area contributed by atoms with E-state index in [1.165, 1.54) is 16.7 Å². The largest absolute Gasteiger partial charge is 0.396 e. The first-order valence-electron chi connectivity index (χ1n) is 7.21. The summed E-state index contributed by atoms with van der Waals surface area (Å²) in [4.78, 5) is 0. The first-order chi connectivity index (χ1) is 8.95. The zero-order chi connectivity index (χ0) is 14.7. The molecule has 2 nitrogen and oxygen atoms in total. The molecule has 0 aromatic heterocycles. The third-order valence-electron chi connectivity index (χ3n) is 3.02. The molecule has 0 aliphatic heterocycles. The molecule has 1 unspecified atom stereocenters. The summed E-state index contributed by atoms with van der Waals surface area (Å²) in [5.41, 5.74) is 4.00. The third-order valence-corrected chi connectivity index (χ3v) is 3.02. The lowest BCUT2D eigenvalue weighted by Crippen LogP contribution is -2.05. The predicted molar refractivity (Wildman–Crippen MR) is 83.1 cm³/mol. The molecule has 2 N–H and O–H groups in total. The molecule has 0 aromatic rings. The fraction of sp³-hybridized carbons (Fsp3) is 0.647. The molecule has 0 aromatic carbocycles. The molecular weight excluding hydrogens is 236 g/mol. The quantitative estimate of drug-likeness (QED) is 0.615. The normalized spacial score (nSPS) is 14.4. The second kappa shape index (κ2) is 11.0. The lowest BCUT2D eigenvalue weighted by molar-refractivity contribution is 0.169. The van der Waals surface area contributed by atoms with Crippen molar-refractivity contribution >= 4 is 0 Å². The number of aliphatic hydroxyl groups is 2. The minimum Gasteiger partial charge on any atom is -0.396 e. The van der Waals surface area contributed by atoms with Gasteiger partial charge in [-0.25, -0.2) is 0 Å². The second-order valence-corrected chi connectivity index (χ2v) is 5.50. The molecule has 0 saturated carbocycles. The van der Waals surface area contributed by atoms with E-state index in [4.69, 9.17) is 5.11 Å². The van der Waals surface area contributed by atoms with Crippen molar-refractivity contribution in [2.75, 3.05) is 6.61 Å². The van der Waals surface area contributed by atoms with Crippen LogP contribution in [0.25, 0.3) is 0 Å². The molecular formula is C17H30O2. The fourth-order valence-corrected chi connectivity index (χ4v) is 1.86. The van der Waals surface area contributed by atoms with Crippen LogP contribution in [0.5, 0.6) is 0 Å². The molecule has 2 heteroatoms. The van der Waals surface area contributed by atoms with Gasteiger partial charge < -0.3 is 10.2 Å². The average molecular weight is 266 g/mol. The van der Waals surface area contributed by atoms with Crippen LogP contribution in [-0.4, -0.2) is 22.9 Å². The summed E-state index contributed by atoms with van der Waals surface area (Å²) in [6.45, 7) is 8.51. The Labute approximate surface area is 118 Å². The van der Waals surface area contributed by atoms with Crippen molar-refractivity contribution in [2.45, 2.75) is 65.9 Å². The highest BCUT2D eigenvalue weighted by molar-refractivity contribution is 5.06. The van der Waals surface area contributed by atoms with E-state index in [2.05, 4.69) is 32.9 Å². The van der Waals surface area contributed by atoms with Crippen molar-refractivity contribution in [2.24, 2.45) is 0 Å². The van der Waals surface area contributed by atoms with Gasteiger partial charge in [0.15, 0.2) is 0 Å². The summed E-state index contributed by atoms with van der Waals surface area (Å²) in [7, 11) is 0. The van der Waals surface area contributed by atoms with E-state index >= 15 is 0 Å². The van der Waals surface area contributed by atoms with Gasteiger partial charge in [0.05, 0.1) is 6.10 Å². The van der Waals surface area contributed by atoms with Crippen LogP contribution < -0.4 is 0 Å². The summed E-state index contributed by atoms with van der Waals surface area (Å²) in [5.74, 6) is 0. The number of allylic oxidation sites excluding steroid dienone is 5. The maximum Gasteiger partial charge on any atom is 0.0745 e. The molecule has 1 atom stereocenters. The van der Waals surface area contributed by atoms with Gasteiger partial charge in [-0.2, -0.15) is 0 Å². The molecule has 0 fully saturated rings. The third kappa shape index (κ3) is 11.9. The SMILES string of the molecule is CC(C)=CCCC(C)=CCCC(C)=CC(O)CCO. The highest BCUT2D eigenvalue weighted by Gasteiger charge is 1.99. The fourth-order valence-electron chi connectivity index (χ4n) is 1.86. The van der Waals surface area contributed by atoms with Crippen LogP contribution in [0.3, 0.4) is 0 Å². The molecule has 0 aliphatic rings. The van der Waals surface area contributed by atoms with Gasteiger partial charge in [0.25, 0.3) is 0 Å². The van der Waals surface area contributed by atoms with Gasteiger partial charge in [-0.05, 0) is 59.8 Å². The first kappa shape index (κ1) is 18.1. The predicted octanol–water partition coefficient (Wildman–Crippen LogP) is 4.15. The Morgan fingerprint density at radius 2 is 1.53 bits per heavy atom. The van der Waals surface area contributed by atoms with Gasteiger partial charge >= 0.3 is 0 Å². The molecule has 110 valence electrons. The van der Waals surface area contributed by atoms with Crippen molar-refractivity contribution in [3.05, 3.63) is 34.9 Å². The minimum atomic E-state index is -0.507. The molecule has 0 amide bonds. The van der Waals surface area contributed by atoms with Crippen molar-refractivity contribution in [1.29, 1.82) is 0 Å². The van der Waals surface area contributed by atoms with Crippen molar-refractivity contribution in [3.63, 3.8) is 0 Å². The molecule has 19 heavy (non-hydrogen) atoms. The molecule has 0 bridgehead atoms. The molecule has 0 aliphatic carbocycles. The van der Waals surface area contributed by atoms with Gasteiger partial charge in [-0.3, -0.25) is 0 Å². The molecule has 0 spiro atoms. The highest BCUT2D eigenvalue weighted by atomic mass is 16.3. The topological polar surface area (TPSA) is 40.5 Å². The maximum absolute atomic E-state index is 9.54. The van der Waals surface area contributed by atoms with Gasteiger partial charge in [0, 0.05) is 6.61 Å². The van der Waals surface area contributed by atoms with Gasteiger partial charge in [0.2, 0.25) is 0 Å². The Balaban J connectivity index is 3.96. The van der Waals surface area contributed by atoms with Gasteiger partial charge in [-0.15, -0.1) is 0 Å². The van der Waals surface area contributed by atoms with Crippen LogP contribution in [0, 0.1) is 0 Å². The van der Waals surface area contributed by atoms with E-state index in [0.717, 1.165) is 25.7 Å². The van der Waals surface area contributed by atoms with Gasteiger partial charge in [0.1, 0.15) is 0 Å². The monoisotopic (exact) mass is 266 g/mol. The van der Waals surface area contributed by atoms with Crippen molar-refractivity contribution in [1.82, 2.24) is 0 Å². The smallest absolute Gasteiger partial charge is 0.0745 e. The maximum atomic E-state index is 9.54. The van der Waals surface area contributed by atoms with Crippen LogP contribution >= 0.6 is 0 Å². The lowest BCUT2D eigenvalue weighted by Gasteiger charge is -2.05. The zero-order valence-electron chi connectivity index (χ0n) is 12.9. The number of aliphatic hydroxyl groups excluding tert-OH is 2. The molecule has 0 rings (SSSR count). The summed E-state index contributed by atoms with van der Waals surface area (Å²) < 4.78 is 0. The Bertz CT molecular complexity index is 320. The Hall–Kier alpha value is -0.860. The second-order valence-electron chi connectivity index (χ2n) is 5.50. The standard InChI is InChI=1S/C17H30O2/c1-14(2)7-5-8-15(3)9-6-10-16(4)13-17(19)11-12-18/h7,9,13,17-19H,5-6,8,10-12H2,1-4H3. The average Bonchev–Trinajstić information content (AvgIpc) is 2.28. The zero-order valence-corrected chi connectivity index (χ0v) is 12.9. The van der Waals surface area contributed by atoms with Gasteiger partial charge in [-0.1, -0.05) is 34.9 Å². The lowest BCUT2D eigenvalue weighted by atomic mass is 10.1. The Morgan fingerprint density at radius 3 is 2.11 bits per heavy atom. The van der Waals surface area contributed by atoms with E-state index in [0.29, 0.717) is 6.42 Å². The molecule has 0 heterocycles. The van der Waals surface area contributed by atoms with Crippen LogP contribution in [0.4, 0.5) is 0 Å². The molecule has 0 radical (unpaired) electrons. The Morgan fingerprint density at radius 1 is 0.947 bits per heavy atom. The number of hydrogen-bond donors (Lipinski definition) is 2. The number of rotatable bonds is 9. The van der Waals surface area contributed by atoms with E-state index in [1.54, 1.807) is 0 Å².